The van der Waals surface area contributed by atoms with Gasteiger partial charge in [0.05, 0.1) is 9.89 Å². The lowest BCUT2D eigenvalue weighted by Crippen LogP contribution is -1.90. The van der Waals surface area contributed by atoms with E-state index in [4.69, 9.17) is 0 Å². The van der Waals surface area contributed by atoms with E-state index in [9.17, 15) is 5.11 Å². The second-order valence-electron chi connectivity index (χ2n) is 2.65. The van der Waals surface area contributed by atoms with Crippen LogP contribution in [-0.2, 0) is 0 Å². The summed E-state index contributed by atoms with van der Waals surface area (Å²) >= 11 is 5.00. The normalized spacial score (nSPS) is 12.9. The second kappa shape index (κ2) is 4.21. The molecule has 1 aromatic heterocycles. The predicted molar refractivity (Wildman–Crippen MR) is 56.5 cm³/mol. The fourth-order valence-electron chi connectivity index (χ4n) is 0.922. The zero-order chi connectivity index (χ0) is 9.14. The molecule has 1 unspecified atom stereocenters. The van der Waals surface area contributed by atoms with E-state index in [0.29, 0.717) is 6.42 Å². The molecule has 0 bridgehead atoms. The molecule has 0 amide bonds. The molecule has 0 aliphatic carbocycles. The standard InChI is InChI=1S/C9H11BrOS/c1-3-4-7(11)8-5-6(2)9(10)12-8/h3,5,7,11H,1,4H2,2H3. The summed E-state index contributed by atoms with van der Waals surface area (Å²) in [4.78, 5) is 0.999. The Labute approximate surface area is 84.9 Å². The van der Waals surface area contributed by atoms with Crippen LogP contribution in [0.5, 0.6) is 0 Å². The minimum Gasteiger partial charge on any atom is -0.387 e. The van der Waals surface area contributed by atoms with E-state index >= 15 is 0 Å². The summed E-state index contributed by atoms with van der Waals surface area (Å²) < 4.78 is 1.10. The van der Waals surface area contributed by atoms with Crippen molar-refractivity contribution in [2.75, 3.05) is 0 Å². The van der Waals surface area contributed by atoms with Gasteiger partial charge in [-0.15, -0.1) is 17.9 Å². The lowest BCUT2D eigenvalue weighted by atomic mass is 10.2. The molecule has 12 heavy (non-hydrogen) atoms. The van der Waals surface area contributed by atoms with Gasteiger partial charge in [0.1, 0.15) is 0 Å². The smallest absolute Gasteiger partial charge is 0.0916 e. The van der Waals surface area contributed by atoms with E-state index in [1.54, 1.807) is 17.4 Å². The summed E-state index contributed by atoms with van der Waals surface area (Å²) in [5.41, 5.74) is 1.18. The van der Waals surface area contributed by atoms with Crippen LogP contribution in [0.4, 0.5) is 0 Å². The molecule has 1 nitrogen and oxygen atoms in total. The number of hydrogen-bond donors (Lipinski definition) is 1. The maximum Gasteiger partial charge on any atom is 0.0916 e. The number of rotatable bonds is 3. The summed E-state index contributed by atoms with van der Waals surface area (Å²) in [5.74, 6) is 0. The first-order valence-corrected chi connectivity index (χ1v) is 5.31. The molecule has 0 saturated carbocycles. The van der Waals surface area contributed by atoms with Gasteiger partial charge in [0.15, 0.2) is 0 Å². The first-order valence-electron chi connectivity index (χ1n) is 3.70. The van der Waals surface area contributed by atoms with Crippen LogP contribution in [0.1, 0.15) is 23.0 Å². The molecule has 0 fully saturated rings. The third-order valence-corrected chi connectivity index (χ3v) is 3.83. The molecule has 0 aromatic carbocycles. The van der Waals surface area contributed by atoms with Crippen LogP contribution in [0.3, 0.4) is 0 Å². The van der Waals surface area contributed by atoms with Crippen molar-refractivity contribution in [2.24, 2.45) is 0 Å². The lowest BCUT2D eigenvalue weighted by molar-refractivity contribution is 0.185. The summed E-state index contributed by atoms with van der Waals surface area (Å²) in [7, 11) is 0. The minimum absolute atomic E-state index is 0.391. The Morgan fingerprint density at radius 3 is 2.92 bits per heavy atom. The van der Waals surface area contributed by atoms with Crippen LogP contribution in [0.15, 0.2) is 22.5 Å². The molecule has 1 rings (SSSR count). The summed E-state index contributed by atoms with van der Waals surface area (Å²) in [6.07, 6.45) is 1.96. The molecule has 1 atom stereocenters. The average molecular weight is 247 g/mol. The van der Waals surface area contributed by atoms with E-state index in [-0.39, 0.29) is 0 Å². The number of aliphatic hydroxyl groups excluding tert-OH is 1. The minimum atomic E-state index is -0.391. The fourth-order valence-corrected chi connectivity index (χ4v) is 2.49. The Hall–Kier alpha value is -0.120. The SMILES string of the molecule is C=CCC(O)c1cc(C)c(Br)s1. The van der Waals surface area contributed by atoms with E-state index in [2.05, 4.69) is 22.5 Å². The topological polar surface area (TPSA) is 20.2 Å². The molecule has 0 aliphatic heterocycles. The Morgan fingerprint density at radius 2 is 2.50 bits per heavy atom. The van der Waals surface area contributed by atoms with Gasteiger partial charge in [-0.3, -0.25) is 0 Å². The zero-order valence-electron chi connectivity index (χ0n) is 6.88. The van der Waals surface area contributed by atoms with Crippen LogP contribution >= 0.6 is 27.3 Å². The molecule has 0 saturated heterocycles. The zero-order valence-corrected chi connectivity index (χ0v) is 9.28. The van der Waals surface area contributed by atoms with Gasteiger partial charge in [0.2, 0.25) is 0 Å². The third kappa shape index (κ3) is 2.19. The van der Waals surface area contributed by atoms with Crippen LogP contribution in [0.25, 0.3) is 0 Å². The van der Waals surface area contributed by atoms with Gasteiger partial charge in [-0.25, -0.2) is 0 Å². The predicted octanol–water partition coefficient (Wildman–Crippen LogP) is 3.43. The van der Waals surface area contributed by atoms with Crippen molar-refractivity contribution >= 4 is 27.3 Å². The highest BCUT2D eigenvalue weighted by atomic mass is 79.9. The molecule has 1 heterocycles. The van der Waals surface area contributed by atoms with E-state index in [1.807, 2.05) is 13.0 Å². The number of aryl methyl sites for hydroxylation is 1. The van der Waals surface area contributed by atoms with E-state index in [0.717, 1.165) is 8.66 Å². The van der Waals surface area contributed by atoms with Gasteiger partial charge in [-0.2, -0.15) is 0 Å². The van der Waals surface area contributed by atoms with Gasteiger partial charge < -0.3 is 5.11 Å². The molecule has 66 valence electrons. The van der Waals surface area contributed by atoms with E-state index in [1.165, 1.54) is 5.56 Å². The Kier molecular flexibility index (Phi) is 3.50. The summed E-state index contributed by atoms with van der Waals surface area (Å²) in [6, 6.07) is 2.00. The van der Waals surface area contributed by atoms with Crippen molar-refractivity contribution in [3.05, 3.63) is 32.9 Å². The number of aliphatic hydroxyl groups is 1. The van der Waals surface area contributed by atoms with Gasteiger partial charge in [-0.1, -0.05) is 6.08 Å². The third-order valence-electron chi connectivity index (χ3n) is 1.59. The van der Waals surface area contributed by atoms with Crippen molar-refractivity contribution in [1.29, 1.82) is 0 Å². The highest BCUT2D eigenvalue weighted by Crippen LogP contribution is 2.32. The number of thiophene rings is 1. The maximum absolute atomic E-state index is 9.58. The van der Waals surface area contributed by atoms with Crippen LogP contribution in [0.2, 0.25) is 0 Å². The van der Waals surface area contributed by atoms with E-state index < -0.39 is 6.10 Å². The first kappa shape index (κ1) is 9.96. The molecule has 0 aliphatic rings. The fraction of sp³-hybridized carbons (Fsp3) is 0.333. The number of halogens is 1. The largest absolute Gasteiger partial charge is 0.387 e. The first-order chi connectivity index (χ1) is 5.65. The van der Waals surface area contributed by atoms with Crippen molar-refractivity contribution in [2.45, 2.75) is 19.4 Å². The Morgan fingerprint density at radius 1 is 1.83 bits per heavy atom. The lowest BCUT2D eigenvalue weighted by Gasteiger charge is -2.02. The van der Waals surface area contributed by atoms with Gasteiger partial charge in [-0.05, 0) is 40.9 Å². The summed E-state index contributed by atoms with van der Waals surface area (Å²) in [6.45, 7) is 5.61. The molecule has 1 aromatic rings. The van der Waals surface area contributed by atoms with Crippen LogP contribution in [0, 0.1) is 6.92 Å². The van der Waals surface area contributed by atoms with Crippen molar-refractivity contribution in [1.82, 2.24) is 0 Å². The Balaban J connectivity index is 2.80. The van der Waals surface area contributed by atoms with Gasteiger partial charge in [0, 0.05) is 4.88 Å². The average Bonchev–Trinajstić information content (AvgIpc) is 2.33. The van der Waals surface area contributed by atoms with Crippen molar-refractivity contribution < 1.29 is 5.11 Å². The number of hydrogen-bond acceptors (Lipinski definition) is 2. The van der Waals surface area contributed by atoms with Gasteiger partial charge in [0.25, 0.3) is 0 Å². The second-order valence-corrected chi connectivity index (χ2v) is 5.05. The molecule has 0 radical (unpaired) electrons. The Bertz CT molecular complexity index is 261. The van der Waals surface area contributed by atoms with Crippen LogP contribution < -0.4 is 0 Å². The van der Waals surface area contributed by atoms with Gasteiger partial charge >= 0.3 is 0 Å². The van der Waals surface area contributed by atoms with Crippen molar-refractivity contribution in [3.8, 4) is 0 Å². The molecule has 0 spiro atoms. The highest BCUT2D eigenvalue weighted by molar-refractivity contribution is 9.11. The monoisotopic (exact) mass is 246 g/mol. The van der Waals surface area contributed by atoms with Crippen molar-refractivity contribution in [3.63, 3.8) is 0 Å². The quantitative estimate of drug-likeness (QED) is 0.811. The summed E-state index contributed by atoms with van der Waals surface area (Å²) in [5, 5.41) is 9.58. The molecular formula is C9H11BrOS. The highest BCUT2D eigenvalue weighted by Gasteiger charge is 2.10. The van der Waals surface area contributed by atoms with Crippen LogP contribution in [-0.4, -0.2) is 5.11 Å². The molecule has 1 N–H and O–H groups in total. The maximum atomic E-state index is 9.58. The molecular weight excluding hydrogens is 236 g/mol. The molecule has 3 heteroatoms.